The van der Waals surface area contributed by atoms with Gasteiger partial charge in [-0.25, -0.2) is 8.42 Å². The van der Waals surface area contributed by atoms with Crippen LogP contribution >= 0.6 is 11.8 Å². The van der Waals surface area contributed by atoms with E-state index in [0.717, 1.165) is 12.2 Å². The summed E-state index contributed by atoms with van der Waals surface area (Å²) < 4.78 is 27.6. The molecule has 5 nitrogen and oxygen atoms in total. The first-order valence-corrected chi connectivity index (χ1v) is 11.4. The van der Waals surface area contributed by atoms with Crippen molar-refractivity contribution in [2.75, 3.05) is 24.2 Å². The van der Waals surface area contributed by atoms with E-state index in [0.29, 0.717) is 24.0 Å². The first-order valence-electron chi connectivity index (χ1n) is 8.93. The third-order valence-corrected chi connectivity index (χ3v) is 7.87. The Morgan fingerprint density at radius 3 is 2.48 bits per heavy atom. The molecule has 7 heteroatoms. The largest absolute Gasteiger partial charge is 0.326 e. The number of rotatable bonds is 4. The monoisotopic (exact) mass is 404 g/mol. The van der Waals surface area contributed by atoms with Crippen LogP contribution in [0.25, 0.3) is 0 Å². The molecule has 1 amide bonds. The van der Waals surface area contributed by atoms with E-state index in [2.05, 4.69) is 24.4 Å². The number of amides is 1. The van der Waals surface area contributed by atoms with Crippen LogP contribution in [-0.2, 0) is 14.8 Å². The highest BCUT2D eigenvalue weighted by Crippen LogP contribution is 2.37. The van der Waals surface area contributed by atoms with E-state index < -0.39 is 10.0 Å². The minimum absolute atomic E-state index is 0.183. The summed E-state index contributed by atoms with van der Waals surface area (Å²) in [6.45, 7) is 4.53. The second-order valence-electron chi connectivity index (χ2n) is 6.61. The van der Waals surface area contributed by atoms with Gasteiger partial charge in [-0.1, -0.05) is 24.3 Å². The zero-order valence-electron chi connectivity index (χ0n) is 15.5. The number of nitrogens with zero attached hydrogens (tertiary/aromatic N) is 1. The normalized spacial score (nSPS) is 18.7. The molecule has 1 unspecified atom stereocenters. The minimum Gasteiger partial charge on any atom is -0.326 e. The molecule has 0 spiro atoms. The summed E-state index contributed by atoms with van der Waals surface area (Å²) in [5.74, 6) is 0.583. The molecule has 1 aliphatic heterocycles. The van der Waals surface area contributed by atoms with Crippen molar-refractivity contribution < 1.29 is 13.2 Å². The SMILES string of the molecule is CC(=O)Nc1ccc(S(=O)(=O)N2CCSC(c3ccccc3C)CC2)cc1. The molecule has 0 saturated carbocycles. The topological polar surface area (TPSA) is 66.5 Å². The van der Waals surface area contributed by atoms with E-state index in [1.54, 1.807) is 28.6 Å². The average Bonchev–Trinajstić information content (AvgIpc) is 2.89. The summed E-state index contributed by atoms with van der Waals surface area (Å²) in [6.07, 6.45) is 0.790. The van der Waals surface area contributed by atoms with Gasteiger partial charge in [0, 0.05) is 36.7 Å². The maximum Gasteiger partial charge on any atom is 0.243 e. The standard InChI is InChI=1S/C20H24N2O3S2/c1-15-5-3-4-6-19(15)20-11-12-22(13-14-26-20)27(24,25)18-9-7-17(8-10-18)21-16(2)23/h3-10,20H,11-14H2,1-2H3,(H,21,23). The van der Waals surface area contributed by atoms with Gasteiger partial charge in [0.25, 0.3) is 0 Å². The first-order chi connectivity index (χ1) is 12.9. The van der Waals surface area contributed by atoms with Gasteiger partial charge in [0.2, 0.25) is 15.9 Å². The number of sulfonamides is 1. The van der Waals surface area contributed by atoms with Crippen LogP contribution in [0.4, 0.5) is 5.69 Å². The van der Waals surface area contributed by atoms with Crippen molar-refractivity contribution >= 4 is 33.4 Å². The van der Waals surface area contributed by atoms with Crippen LogP contribution in [-0.4, -0.2) is 37.5 Å². The van der Waals surface area contributed by atoms with Gasteiger partial charge in [-0.2, -0.15) is 16.1 Å². The van der Waals surface area contributed by atoms with Crippen molar-refractivity contribution in [1.29, 1.82) is 0 Å². The van der Waals surface area contributed by atoms with Gasteiger partial charge in [-0.3, -0.25) is 4.79 Å². The van der Waals surface area contributed by atoms with Gasteiger partial charge in [0.1, 0.15) is 0 Å². The Morgan fingerprint density at radius 2 is 1.81 bits per heavy atom. The summed E-state index contributed by atoms with van der Waals surface area (Å²) in [6, 6.07) is 14.7. The van der Waals surface area contributed by atoms with Crippen molar-refractivity contribution in [1.82, 2.24) is 4.31 Å². The first kappa shape index (κ1) is 19.9. The molecular formula is C20H24N2O3S2. The Bertz CT molecular complexity index is 911. The number of carbonyl (C=O) groups excluding carboxylic acids is 1. The molecule has 1 fully saturated rings. The minimum atomic E-state index is -3.54. The Balaban J connectivity index is 1.74. The van der Waals surface area contributed by atoms with Crippen molar-refractivity contribution in [3.8, 4) is 0 Å². The molecule has 0 radical (unpaired) electrons. The number of hydrogen-bond donors (Lipinski definition) is 1. The van der Waals surface area contributed by atoms with E-state index in [1.165, 1.54) is 18.1 Å². The van der Waals surface area contributed by atoms with Crippen LogP contribution in [0.2, 0.25) is 0 Å². The fraction of sp³-hybridized carbons (Fsp3) is 0.350. The summed E-state index contributed by atoms with van der Waals surface area (Å²) >= 11 is 1.82. The van der Waals surface area contributed by atoms with Crippen LogP contribution in [0, 0.1) is 6.92 Å². The molecule has 144 valence electrons. The van der Waals surface area contributed by atoms with Gasteiger partial charge in [-0.05, 0) is 48.7 Å². The summed E-state index contributed by atoms with van der Waals surface area (Å²) in [5, 5.41) is 2.96. The number of aryl methyl sites for hydroxylation is 1. The molecule has 27 heavy (non-hydrogen) atoms. The number of thioether (sulfide) groups is 1. The molecule has 3 rings (SSSR count). The van der Waals surface area contributed by atoms with Gasteiger partial charge in [-0.15, -0.1) is 0 Å². The third-order valence-electron chi connectivity index (χ3n) is 4.65. The van der Waals surface area contributed by atoms with Gasteiger partial charge < -0.3 is 5.32 Å². The van der Waals surface area contributed by atoms with Crippen LogP contribution < -0.4 is 5.32 Å². The second-order valence-corrected chi connectivity index (χ2v) is 9.86. The zero-order chi connectivity index (χ0) is 19.4. The Morgan fingerprint density at radius 1 is 1.11 bits per heavy atom. The van der Waals surface area contributed by atoms with Crippen molar-refractivity contribution in [3.63, 3.8) is 0 Å². The molecular weight excluding hydrogens is 380 g/mol. The fourth-order valence-corrected chi connectivity index (χ4v) is 6.15. The maximum atomic E-state index is 13.0. The summed E-state index contributed by atoms with van der Waals surface area (Å²) in [4.78, 5) is 11.4. The van der Waals surface area contributed by atoms with Gasteiger partial charge >= 0.3 is 0 Å². The molecule has 1 heterocycles. The highest BCUT2D eigenvalue weighted by molar-refractivity contribution is 7.99. The molecule has 1 N–H and O–H groups in total. The van der Waals surface area contributed by atoms with Crippen molar-refractivity contribution in [2.24, 2.45) is 0 Å². The molecule has 0 aromatic heterocycles. The number of benzene rings is 2. The van der Waals surface area contributed by atoms with Crippen LogP contribution in [0.1, 0.15) is 29.7 Å². The zero-order valence-corrected chi connectivity index (χ0v) is 17.1. The molecule has 0 bridgehead atoms. The lowest BCUT2D eigenvalue weighted by Crippen LogP contribution is -2.33. The smallest absolute Gasteiger partial charge is 0.243 e. The average molecular weight is 405 g/mol. The van der Waals surface area contributed by atoms with Gasteiger partial charge in [0.15, 0.2) is 0 Å². The van der Waals surface area contributed by atoms with E-state index in [-0.39, 0.29) is 10.8 Å². The predicted octanol–water partition coefficient (Wildman–Crippen LogP) is 3.82. The quantitative estimate of drug-likeness (QED) is 0.841. The molecule has 1 saturated heterocycles. The van der Waals surface area contributed by atoms with E-state index in [1.807, 2.05) is 23.9 Å². The lowest BCUT2D eigenvalue weighted by atomic mass is 10.0. The van der Waals surface area contributed by atoms with Crippen molar-refractivity contribution in [2.45, 2.75) is 30.4 Å². The predicted molar refractivity (Wildman–Crippen MR) is 110 cm³/mol. The Labute approximate surface area is 165 Å². The van der Waals surface area contributed by atoms with Crippen molar-refractivity contribution in [3.05, 3.63) is 59.7 Å². The molecule has 1 atom stereocenters. The fourth-order valence-electron chi connectivity index (χ4n) is 3.25. The van der Waals surface area contributed by atoms with E-state index in [9.17, 15) is 13.2 Å². The molecule has 2 aromatic carbocycles. The third kappa shape index (κ3) is 4.72. The summed E-state index contributed by atoms with van der Waals surface area (Å²) in [7, 11) is -3.54. The lowest BCUT2D eigenvalue weighted by molar-refractivity contribution is -0.114. The van der Waals surface area contributed by atoms with Gasteiger partial charge in [0.05, 0.1) is 4.90 Å². The number of carbonyl (C=O) groups is 1. The van der Waals surface area contributed by atoms with E-state index >= 15 is 0 Å². The second kappa shape index (κ2) is 8.46. The number of nitrogens with one attached hydrogen (secondary N) is 1. The molecule has 0 aliphatic carbocycles. The molecule has 2 aromatic rings. The van der Waals surface area contributed by atoms with E-state index in [4.69, 9.17) is 0 Å². The highest BCUT2D eigenvalue weighted by atomic mass is 32.2. The summed E-state index contributed by atoms with van der Waals surface area (Å²) in [5.41, 5.74) is 3.13. The van der Waals surface area contributed by atoms with Crippen LogP contribution in [0.5, 0.6) is 0 Å². The number of hydrogen-bond acceptors (Lipinski definition) is 4. The lowest BCUT2D eigenvalue weighted by Gasteiger charge is -2.20. The highest BCUT2D eigenvalue weighted by Gasteiger charge is 2.28. The van der Waals surface area contributed by atoms with Crippen LogP contribution in [0.15, 0.2) is 53.4 Å². The molecule has 1 aliphatic rings. The Kier molecular flexibility index (Phi) is 6.24. The van der Waals surface area contributed by atoms with Crippen LogP contribution in [0.3, 0.4) is 0 Å². The Hall–Kier alpha value is -1.83. The maximum absolute atomic E-state index is 13.0. The number of anilines is 1.